The van der Waals surface area contributed by atoms with Crippen molar-refractivity contribution in [3.63, 3.8) is 0 Å². The normalized spacial score (nSPS) is 15.9. The van der Waals surface area contributed by atoms with Gasteiger partial charge in [-0.2, -0.15) is 0 Å². The molecule has 4 rings (SSSR count). The van der Waals surface area contributed by atoms with Crippen LogP contribution in [0.3, 0.4) is 0 Å². The molecule has 1 saturated heterocycles. The maximum atomic E-state index is 12.7. The van der Waals surface area contributed by atoms with Gasteiger partial charge in [0.2, 0.25) is 5.89 Å². The fourth-order valence-corrected chi connectivity index (χ4v) is 3.71. The number of aromatic nitrogens is 1. The van der Waals surface area contributed by atoms with Crippen LogP contribution in [0.4, 0.5) is 0 Å². The largest absolute Gasteiger partial charge is 0.497 e. The second-order valence-corrected chi connectivity index (χ2v) is 7.61. The molecule has 1 fully saturated rings. The van der Waals surface area contributed by atoms with E-state index in [1.165, 1.54) is 0 Å². The number of halogens is 1. The van der Waals surface area contributed by atoms with Crippen molar-refractivity contribution in [3.8, 4) is 11.5 Å². The van der Waals surface area contributed by atoms with Crippen molar-refractivity contribution in [2.75, 3.05) is 20.3 Å². The lowest BCUT2D eigenvalue weighted by Crippen LogP contribution is -2.34. The molecule has 1 amide bonds. The number of carbonyl (C=O) groups excluding carboxylic acids is 1. The minimum Gasteiger partial charge on any atom is -0.497 e. The Morgan fingerprint density at radius 1 is 1.17 bits per heavy atom. The Morgan fingerprint density at radius 2 is 1.90 bits per heavy atom. The van der Waals surface area contributed by atoms with E-state index in [1.54, 1.807) is 42.5 Å². The lowest BCUT2D eigenvalue weighted by atomic mass is 10.1. The predicted octanol–water partition coefficient (Wildman–Crippen LogP) is 4.67. The van der Waals surface area contributed by atoms with E-state index < -0.39 is 0 Å². The summed E-state index contributed by atoms with van der Waals surface area (Å²) in [5.41, 5.74) is 1.09. The molecule has 1 aromatic heterocycles. The molecule has 30 heavy (non-hydrogen) atoms. The Balaban J connectivity index is 1.37. The van der Waals surface area contributed by atoms with E-state index in [2.05, 4.69) is 4.98 Å². The van der Waals surface area contributed by atoms with Gasteiger partial charge in [-0.15, -0.1) is 0 Å². The average Bonchev–Trinajstić information content (AvgIpc) is 3.43. The van der Waals surface area contributed by atoms with Crippen LogP contribution >= 0.6 is 11.6 Å². The third-order valence-electron chi connectivity index (χ3n) is 5.14. The van der Waals surface area contributed by atoms with E-state index in [9.17, 15) is 4.79 Å². The molecule has 3 aromatic rings. The van der Waals surface area contributed by atoms with E-state index in [0.29, 0.717) is 29.6 Å². The van der Waals surface area contributed by atoms with Gasteiger partial charge in [0.1, 0.15) is 23.3 Å². The standard InChI is InChI=1S/C23H23ClN2O4/c1-28-18-8-10-19(11-9-18)29-15-22(27)26-12-2-3-21(26)23-25-14-20(30-23)13-16-4-6-17(24)7-5-16/h4-11,14,21H,2-3,12-13,15H2,1H3/t21-/m0/s1. The van der Waals surface area contributed by atoms with Gasteiger partial charge in [-0.25, -0.2) is 4.98 Å². The molecule has 0 bridgehead atoms. The third kappa shape index (κ3) is 4.76. The number of amides is 1. The molecule has 2 heterocycles. The van der Waals surface area contributed by atoms with Crippen LogP contribution in [-0.4, -0.2) is 36.1 Å². The van der Waals surface area contributed by atoms with Gasteiger partial charge in [0.05, 0.1) is 13.3 Å². The molecule has 0 spiro atoms. The number of carbonyl (C=O) groups is 1. The van der Waals surface area contributed by atoms with Crippen molar-refractivity contribution in [2.24, 2.45) is 0 Å². The molecule has 7 heteroatoms. The van der Waals surface area contributed by atoms with E-state index in [4.69, 9.17) is 25.5 Å². The van der Waals surface area contributed by atoms with Gasteiger partial charge in [-0.05, 0) is 54.8 Å². The van der Waals surface area contributed by atoms with Crippen LogP contribution in [0.5, 0.6) is 11.5 Å². The van der Waals surface area contributed by atoms with Crippen molar-refractivity contribution in [1.82, 2.24) is 9.88 Å². The van der Waals surface area contributed by atoms with Crippen LogP contribution in [0.2, 0.25) is 5.02 Å². The fraction of sp³-hybridized carbons (Fsp3) is 0.304. The first-order valence-corrected chi connectivity index (χ1v) is 10.3. The molecule has 0 aliphatic carbocycles. The summed E-state index contributed by atoms with van der Waals surface area (Å²) in [6.45, 7) is 0.644. The first-order valence-electron chi connectivity index (χ1n) is 9.88. The Bertz CT molecular complexity index is 985. The highest BCUT2D eigenvalue weighted by Crippen LogP contribution is 2.32. The number of rotatable bonds is 7. The maximum absolute atomic E-state index is 12.7. The molecular formula is C23H23ClN2O4. The van der Waals surface area contributed by atoms with Crippen LogP contribution in [0.15, 0.2) is 59.1 Å². The number of nitrogens with zero attached hydrogens (tertiary/aromatic N) is 2. The fourth-order valence-electron chi connectivity index (χ4n) is 3.58. The number of benzene rings is 2. The van der Waals surface area contributed by atoms with Gasteiger partial charge >= 0.3 is 0 Å². The zero-order valence-electron chi connectivity index (χ0n) is 16.7. The van der Waals surface area contributed by atoms with Gasteiger partial charge in [-0.1, -0.05) is 23.7 Å². The second-order valence-electron chi connectivity index (χ2n) is 7.18. The SMILES string of the molecule is COc1ccc(OCC(=O)N2CCC[C@H]2c2ncc(Cc3ccc(Cl)cc3)o2)cc1. The average molecular weight is 427 g/mol. The zero-order chi connectivity index (χ0) is 20.9. The van der Waals surface area contributed by atoms with Gasteiger partial charge < -0.3 is 18.8 Å². The molecular weight excluding hydrogens is 404 g/mol. The molecule has 1 aliphatic heterocycles. The van der Waals surface area contributed by atoms with Gasteiger partial charge in [0.15, 0.2) is 6.61 Å². The van der Waals surface area contributed by atoms with Gasteiger partial charge in [-0.3, -0.25) is 4.79 Å². The molecule has 0 unspecified atom stereocenters. The molecule has 0 N–H and O–H groups in total. The van der Waals surface area contributed by atoms with Crippen LogP contribution in [0.25, 0.3) is 0 Å². The lowest BCUT2D eigenvalue weighted by molar-refractivity contribution is -0.134. The highest BCUT2D eigenvalue weighted by atomic mass is 35.5. The molecule has 0 saturated carbocycles. The number of likely N-dealkylation sites (tertiary alicyclic amines) is 1. The first-order chi connectivity index (χ1) is 14.6. The Morgan fingerprint density at radius 3 is 2.63 bits per heavy atom. The van der Waals surface area contributed by atoms with Crippen molar-refractivity contribution in [3.05, 3.63) is 77.0 Å². The quantitative estimate of drug-likeness (QED) is 0.549. The predicted molar refractivity (Wildman–Crippen MR) is 113 cm³/mol. The molecule has 156 valence electrons. The van der Waals surface area contributed by atoms with Crippen molar-refractivity contribution < 1.29 is 18.7 Å². The third-order valence-corrected chi connectivity index (χ3v) is 5.39. The smallest absolute Gasteiger partial charge is 0.261 e. The molecule has 6 nitrogen and oxygen atoms in total. The molecule has 1 atom stereocenters. The van der Waals surface area contributed by atoms with Gasteiger partial charge in [0.25, 0.3) is 5.91 Å². The Hall–Kier alpha value is -2.99. The van der Waals surface area contributed by atoms with E-state index >= 15 is 0 Å². The molecule has 2 aromatic carbocycles. The highest BCUT2D eigenvalue weighted by Gasteiger charge is 2.33. The highest BCUT2D eigenvalue weighted by molar-refractivity contribution is 6.30. The first kappa shape index (κ1) is 20.3. The summed E-state index contributed by atoms with van der Waals surface area (Å²) < 4.78 is 16.8. The number of hydrogen-bond donors (Lipinski definition) is 0. The van der Waals surface area contributed by atoms with Crippen molar-refractivity contribution in [2.45, 2.75) is 25.3 Å². The minimum absolute atomic E-state index is 0.0266. The van der Waals surface area contributed by atoms with Crippen LogP contribution < -0.4 is 9.47 Å². The van der Waals surface area contributed by atoms with Crippen molar-refractivity contribution >= 4 is 17.5 Å². The number of hydrogen-bond acceptors (Lipinski definition) is 5. The summed E-state index contributed by atoms with van der Waals surface area (Å²) in [5.74, 6) is 2.63. The Kier molecular flexibility index (Phi) is 6.23. The summed E-state index contributed by atoms with van der Waals surface area (Å²) in [4.78, 5) is 19.0. The molecule has 1 aliphatic rings. The summed E-state index contributed by atoms with van der Waals surface area (Å²) in [6.07, 6.45) is 4.10. The lowest BCUT2D eigenvalue weighted by Gasteiger charge is -2.22. The number of methoxy groups -OCH3 is 1. The topological polar surface area (TPSA) is 64.8 Å². The summed E-state index contributed by atoms with van der Waals surface area (Å²) >= 11 is 5.94. The summed E-state index contributed by atoms with van der Waals surface area (Å²) in [6, 6.07) is 14.6. The van der Waals surface area contributed by atoms with Crippen molar-refractivity contribution in [1.29, 1.82) is 0 Å². The summed E-state index contributed by atoms with van der Waals surface area (Å²) in [7, 11) is 1.61. The minimum atomic E-state index is -0.157. The monoisotopic (exact) mass is 426 g/mol. The second kappa shape index (κ2) is 9.22. The zero-order valence-corrected chi connectivity index (χ0v) is 17.5. The van der Waals surface area contributed by atoms with Crippen LogP contribution in [0, 0.1) is 0 Å². The van der Waals surface area contributed by atoms with Crippen LogP contribution in [0.1, 0.15) is 36.1 Å². The van der Waals surface area contributed by atoms with Crippen LogP contribution in [-0.2, 0) is 11.2 Å². The van der Waals surface area contributed by atoms with E-state index in [0.717, 1.165) is 29.9 Å². The molecule has 0 radical (unpaired) electrons. The van der Waals surface area contributed by atoms with Gasteiger partial charge in [0, 0.05) is 18.0 Å². The number of ether oxygens (including phenoxy) is 2. The number of oxazole rings is 1. The van der Waals surface area contributed by atoms with E-state index in [-0.39, 0.29) is 18.6 Å². The maximum Gasteiger partial charge on any atom is 0.261 e. The van der Waals surface area contributed by atoms with E-state index in [1.807, 2.05) is 24.3 Å². The Labute approximate surface area is 180 Å². The summed E-state index contributed by atoms with van der Waals surface area (Å²) in [5, 5.41) is 0.703.